The number of nitrogens with one attached hydrogen (secondary N) is 1. The van der Waals surface area contributed by atoms with Crippen LogP contribution in [0.3, 0.4) is 0 Å². The molecule has 1 aromatic heterocycles. The minimum atomic E-state index is -1.39. The molecule has 2 aromatic rings. The number of halogens is 3. The highest BCUT2D eigenvalue weighted by atomic mass is 79.9. The number of carboxylic acids is 1. The van der Waals surface area contributed by atoms with Crippen molar-refractivity contribution in [1.82, 2.24) is 0 Å². The van der Waals surface area contributed by atoms with Crippen LogP contribution in [0.25, 0.3) is 0 Å². The van der Waals surface area contributed by atoms with Crippen molar-refractivity contribution in [2.45, 2.75) is 12.5 Å². The minimum Gasteiger partial charge on any atom is -0.479 e. The van der Waals surface area contributed by atoms with Gasteiger partial charge in [0, 0.05) is 10.2 Å². The molecule has 2 N–H and O–H groups in total. The van der Waals surface area contributed by atoms with Crippen LogP contribution in [0.2, 0.25) is 5.02 Å². The van der Waals surface area contributed by atoms with Gasteiger partial charge in [-0.25, -0.2) is 4.79 Å². The van der Waals surface area contributed by atoms with E-state index in [1.165, 1.54) is 6.92 Å². The first kappa shape index (κ1) is 15.4. The number of benzene rings is 1. The summed E-state index contributed by atoms with van der Waals surface area (Å²) in [5.41, 5.74) is -0.780. The highest BCUT2D eigenvalue weighted by Crippen LogP contribution is 2.32. The van der Waals surface area contributed by atoms with Crippen molar-refractivity contribution in [3.05, 3.63) is 50.3 Å². The molecule has 0 aliphatic rings. The van der Waals surface area contributed by atoms with Gasteiger partial charge in [-0.2, -0.15) is 0 Å². The smallest absolute Gasteiger partial charge is 0.337 e. The fourth-order valence-electron chi connectivity index (χ4n) is 1.67. The zero-order valence-electron chi connectivity index (χ0n) is 10.3. The van der Waals surface area contributed by atoms with E-state index in [1.807, 2.05) is 0 Å². The summed E-state index contributed by atoms with van der Waals surface area (Å²) in [7, 11) is 0. The lowest BCUT2D eigenvalue weighted by Gasteiger charge is -2.25. The summed E-state index contributed by atoms with van der Waals surface area (Å²) in [4.78, 5) is 11.6. The molecule has 7 heteroatoms. The molecule has 1 heterocycles. The lowest BCUT2D eigenvalue weighted by molar-refractivity contribution is -0.142. The quantitative estimate of drug-likeness (QED) is 0.737. The van der Waals surface area contributed by atoms with E-state index >= 15 is 0 Å². The highest BCUT2D eigenvalue weighted by Gasteiger charge is 2.38. The van der Waals surface area contributed by atoms with Crippen LogP contribution in [0.15, 0.2) is 43.9 Å². The van der Waals surface area contributed by atoms with Crippen molar-refractivity contribution < 1.29 is 14.3 Å². The molecule has 1 atom stereocenters. The number of hydrogen-bond acceptors (Lipinski definition) is 3. The fourth-order valence-corrected chi connectivity index (χ4v) is 2.47. The lowest BCUT2D eigenvalue weighted by Crippen LogP contribution is -2.40. The number of carboxylic acid groups (broad SMARTS) is 1. The monoisotopic (exact) mass is 421 g/mol. The molecule has 0 aliphatic carbocycles. The molecule has 0 spiro atoms. The van der Waals surface area contributed by atoms with E-state index in [9.17, 15) is 9.90 Å². The van der Waals surface area contributed by atoms with E-state index in [1.54, 1.807) is 30.3 Å². The summed E-state index contributed by atoms with van der Waals surface area (Å²) in [6.07, 6.45) is 0. The zero-order chi connectivity index (χ0) is 14.9. The normalized spacial score (nSPS) is 13.8. The highest BCUT2D eigenvalue weighted by molar-refractivity contribution is 9.10. The van der Waals surface area contributed by atoms with E-state index in [-0.39, 0.29) is 0 Å². The van der Waals surface area contributed by atoms with Gasteiger partial charge in [0.15, 0.2) is 10.2 Å². The van der Waals surface area contributed by atoms with Gasteiger partial charge in [-0.3, -0.25) is 0 Å². The third kappa shape index (κ3) is 3.02. The van der Waals surface area contributed by atoms with Crippen LogP contribution in [0.5, 0.6) is 0 Å². The van der Waals surface area contributed by atoms with E-state index in [4.69, 9.17) is 16.0 Å². The molecule has 0 radical (unpaired) electrons. The van der Waals surface area contributed by atoms with E-state index in [2.05, 4.69) is 37.2 Å². The van der Waals surface area contributed by atoms with Crippen LogP contribution >= 0.6 is 43.5 Å². The van der Waals surface area contributed by atoms with Gasteiger partial charge in [-0.1, -0.05) is 11.6 Å². The Hall–Kier alpha value is -0.980. The number of aliphatic carboxylic acids is 1. The summed E-state index contributed by atoms with van der Waals surface area (Å²) in [5.74, 6) is -0.756. The van der Waals surface area contributed by atoms with Crippen molar-refractivity contribution in [3.8, 4) is 0 Å². The molecule has 2 rings (SSSR count). The number of carbonyl (C=O) groups is 1. The van der Waals surface area contributed by atoms with Gasteiger partial charge in [-0.15, -0.1) is 0 Å². The molecule has 0 bridgehead atoms. The fraction of sp³-hybridized carbons (Fsp3) is 0.154. The van der Waals surface area contributed by atoms with Crippen molar-refractivity contribution in [2.24, 2.45) is 0 Å². The molecular formula is C13H10Br2ClNO3. The number of furan rings is 1. The van der Waals surface area contributed by atoms with Gasteiger partial charge in [0.1, 0.15) is 5.76 Å². The Kier molecular flexibility index (Phi) is 4.46. The van der Waals surface area contributed by atoms with Gasteiger partial charge in [0.05, 0.1) is 5.02 Å². The topological polar surface area (TPSA) is 62.5 Å². The van der Waals surface area contributed by atoms with Crippen LogP contribution < -0.4 is 5.32 Å². The number of rotatable bonds is 4. The standard InChI is InChI=1S/C13H10Br2ClNO3/c1-13(12(18)19,10-4-5-11(15)20-10)17-7-2-3-9(16)8(14)6-7/h2-6,17H,1H3,(H,18,19). The van der Waals surface area contributed by atoms with Gasteiger partial charge in [0.2, 0.25) is 0 Å². The maximum atomic E-state index is 11.6. The Bertz CT molecular complexity index is 659. The van der Waals surface area contributed by atoms with E-state index in [0.29, 0.717) is 25.6 Å². The minimum absolute atomic E-state index is 0.294. The average molecular weight is 423 g/mol. The molecule has 0 saturated carbocycles. The molecule has 4 nitrogen and oxygen atoms in total. The first-order chi connectivity index (χ1) is 9.33. The van der Waals surface area contributed by atoms with Gasteiger partial charge in [-0.05, 0) is 69.1 Å². The van der Waals surface area contributed by atoms with Crippen molar-refractivity contribution in [2.75, 3.05) is 5.32 Å². The Morgan fingerprint density at radius 3 is 2.55 bits per heavy atom. The van der Waals surface area contributed by atoms with Crippen molar-refractivity contribution in [3.63, 3.8) is 0 Å². The summed E-state index contributed by atoms with van der Waals surface area (Å²) < 4.78 is 6.52. The predicted octanol–water partition coefficient (Wildman–Crippen LogP) is 4.87. The second kappa shape index (κ2) is 5.79. The Balaban J connectivity index is 2.39. The first-order valence-corrected chi connectivity index (χ1v) is 7.52. The summed E-state index contributed by atoms with van der Waals surface area (Å²) >= 11 is 12.4. The van der Waals surface area contributed by atoms with Gasteiger partial charge >= 0.3 is 5.97 Å². The number of hydrogen-bond donors (Lipinski definition) is 2. The Morgan fingerprint density at radius 1 is 1.35 bits per heavy atom. The molecule has 0 aliphatic heterocycles. The van der Waals surface area contributed by atoms with Crippen LogP contribution in [0.1, 0.15) is 12.7 Å². The summed E-state index contributed by atoms with van der Waals surface area (Å²) in [6.45, 7) is 1.53. The van der Waals surface area contributed by atoms with Crippen molar-refractivity contribution in [1.29, 1.82) is 0 Å². The Labute approximate surface area is 137 Å². The summed E-state index contributed by atoms with van der Waals surface area (Å²) in [5, 5.41) is 13.0. The molecule has 1 unspecified atom stereocenters. The third-order valence-electron chi connectivity index (χ3n) is 2.81. The molecule has 0 saturated heterocycles. The van der Waals surface area contributed by atoms with Crippen molar-refractivity contribution >= 4 is 55.1 Å². The summed E-state index contributed by atoms with van der Waals surface area (Å²) in [6, 6.07) is 8.34. The molecular weight excluding hydrogens is 413 g/mol. The first-order valence-electron chi connectivity index (χ1n) is 5.55. The predicted molar refractivity (Wildman–Crippen MR) is 84.2 cm³/mol. The molecule has 0 amide bonds. The second-order valence-electron chi connectivity index (χ2n) is 4.29. The second-order valence-corrected chi connectivity index (χ2v) is 6.33. The maximum absolute atomic E-state index is 11.6. The third-order valence-corrected chi connectivity index (χ3v) is 4.45. The van der Waals surface area contributed by atoms with Gasteiger partial charge in [0.25, 0.3) is 0 Å². The van der Waals surface area contributed by atoms with Crippen LogP contribution in [-0.2, 0) is 10.3 Å². The average Bonchev–Trinajstić information content (AvgIpc) is 2.81. The number of anilines is 1. The molecule has 1 aromatic carbocycles. The van der Waals surface area contributed by atoms with Gasteiger partial charge < -0.3 is 14.8 Å². The van der Waals surface area contributed by atoms with E-state index in [0.717, 1.165) is 0 Å². The largest absolute Gasteiger partial charge is 0.479 e. The zero-order valence-corrected chi connectivity index (χ0v) is 14.2. The SMILES string of the molecule is CC(Nc1ccc(Cl)c(Br)c1)(C(=O)O)c1ccc(Br)o1. The molecule has 0 fully saturated rings. The van der Waals surface area contributed by atoms with Crippen LogP contribution in [-0.4, -0.2) is 11.1 Å². The van der Waals surface area contributed by atoms with Crippen LogP contribution in [0, 0.1) is 0 Å². The Morgan fingerprint density at radius 2 is 2.05 bits per heavy atom. The van der Waals surface area contributed by atoms with E-state index < -0.39 is 11.5 Å². The molecule has 106 valence electrons. The maximum Gasteiger partial charge on any atom is 0.337 e. The lowest BCUT2D eigenvalue weighted by atomic mass is 9.98. The molecule has 20 heavy (non-hydrogen) atoms. The van der Waals surface area contributed by atoms with Crippen LogP contribution in [0.4, 0.5) is 5.69 Å².